The summed E-state index contributed by atoms with van der Waals surface area (Å²) >= 11 is 0. The summed E-state index contributed by atoms with van der Waals surface area (Å²) in [6.45, 7) is 0. The fraction of sp³-hybridized carbons (Fsp3) is 0.261. The van der Waals surface area contributed by atoms with Gasteiger partial charge in [0.2, 0.25) is 0 Å². The summed E-state index contributed by atoms with van der Waals surface area (Å²) in [6.07, 6.45) is 1.25. The van der Waals surface area contributed by atoms with E-state index in [2.05, 4.69) is 0 Å². The molecule has 2 bridgehead atoms. The zero-order valence-electron chi connectivity index (χ0n) is 15.1. The number of allylic oxidation sites excluding steroid dienone is 1. The smallest absolute Gasteiger partial charge is 0.192 e. The number of ketones is 3. The highest BCUT2D eigenvalue weighted by Gasteiger charge is 2.54. The number of methoxy groups -OCH3 is 1. The average Bonchev–Trinajstić information content (AvgIpc) is 2.73. The molecule has 0 aromatic heterocycles. The van der Waals surface area contributed by atoms with Gasteiger partial charge in [-0.25, -0.2) is 0 Å². The molecular formula is C23H20O4. The Balaban J connectivity index is 1.94. The Morgan fingerprint density at radius 2 is 1.48 bits per heavy atom. The molecule has 0 amide bonds. The third-order valence-electron chi connectivity index (χ3n) is 5.69. The van der Waals surface area contributed by atoms with Gasteiger partial charge in [-0.2, -0.15) is 0 Å². The Bertz CT molecular complexity index is 943. The molecule has 3 aliphatic rings. The maximum absolute atomic E-state index is 13.4. The largest absolute Gasteiger partial charge is 0.373 e. The van der Waals surface area contributed by atoms with Crippen molar-refractivity contribution in [2.24, 2.45) is 5.92 Å². The monoisotopic (exact) mass is 360 g/mol. The Hall–Kier alpha value is -2.85. The van der Waals surface area contributed by atoms with Crippen LogP contribution in [-0.4, -0.2) is 30.1 Å². The molecule has 0 aliphatic heterocycles. The van der Waals surface area contributed by atoms with E-state index in [-0.39, 0.29) is 23.8 Å². The van der Waals surface area contributed by atoms with Gasteiger partial charge < -0.3 is 4.74 Å². The lowest BCUT2D eigenvalue weighted by Gasteiger charge is -2.46. The third kappa shape index (κ3) is 2.77. The summed E-state index contributed by atoms with van der Waals surface area (Å²) in [5.74, 6) is -1.03. The summed E-state index contributed by atoms with van der Waals surface area (Å²) in [6, 6.07) is 17.7. The van der Waals surface area contributed by atoms with Crippen molar-refractivity contribution in [3.63, 3.8) is 0 Å². The van der Waals surface area contributed by atoms with Crippen molar-refractivity contribution in [3.8, 4) is 0 Å². The molecule has 2 aromatic rings. The van der Waals surface area contributed by atoms with Gasteiger partial charge in [0.05, 0.1) is 0 Å². The number of rotatable bonds is 5. The molecule has 0 saturated heterocycles. The summed E-state index contributed by atoms with van der Waals surface area (Å²) in [7, 11) is 1.52. The van der Waals surface area contributed by atoms with Crippen LogP contribution < -0.4 is 0 Å². The Morgan fingerprint density at radius 1 is 0.926 bits per heavy atom. The molecule has 136 valence electrons. The molecule has 0 N–H and O–H groups in total. The Labute approximate surface area is 157 Å². The minimum absolute atomic E-state index is 0.0213. The van der Waals surface area contributed by atoms with Crippen molar-refractivity contribution in [2.45, 2.75) is 24.9 Å². The van der Waals surface area contributed by atoms with Gasteiger partial charge in [0.1, 0.15) is 11.4 Å². The van der Waals surface area contributed by atoms with Crippen molar-refractivity contribution < 1.29 is 19.1 Å². The molecule has 27 heavy (non-hydrogen) atoms. The summed E-state index contributed by atoms with van der Waals surface area (Å²) in [5, 5.41) is 0. The number of fused-ring (bicyclic) bond motifs is 2. The second kappa shape index (κ2) is 6.71. The summed E-state index contributed by atoms with van der Waals surface area (Å²) in [5.41, 5.74) is 0.651. The highest BCUT2D eigenvalue weighted by Crippen LogP contribution is 2.49. The normalized spacial score (nSPS) is 24.2. The van der Waals surface area contributed by atoms with Crippen molar-refractivity contribution >= 4 is 17.3 Å². The molecule has 4 nitrogen and oxygen atoms in total. The molecular weight excluding hydrogens is 340 g/mol. The highest BCUT2D eigenvalue weighted by molar-refractivity contribution is 6.22. The van der Waals surface area contributed by atoms with Gasteiger partial charge in [-0.15, -0.1) is 0 Å². The van der Waals surface area contributed by atoms with Gasteiger partial charge >= 0.3 is 0 Å². The van der Waals surface area contributed by atoms with Crippen molar-refractivity contribution in [2.75, 3.05) is 7.11 Å². The molecule has 2 atom stereocenters. The first kappa shape index (κ1) is 17.6. The van der Waals surface area contributed by atoms with E-state index in [0.717, 1.165) is 0 Å². The van der Waals surface area contributed by atoms with E-state index in [1.54, 1.807) is 48.5 Å². The Morgan fingerprint density at radius 3 is 2.00 bits per heavy atom. The number of hydrogen-bond donors (Lipinski definition) is 0. The predicted octanol–water partition coefficient (Wildman–Crippen LogP) is 3.82. The lowest BCUT2D eigenvalue weighted by atomic mass is 9.60. The molecule has 2 aromatic carbocycles. The SMILES string of the molecule is CO[C@@]12CC[C@@H](C(=O)C1)C(C(=O)c1ccccc1)=C2C(=O)c1ccccc1. The number of Topliss-reactive ketones (excluding diaryl/α,β-unsaturated/α-hetero) is 3. The number of benzene rings is 2. The van der Waals surface area contributed by atoms with Crippen molar-refractivity contribution in [3.05, 3.63) is 82.9 Å². The van der Waals surface area contributed by atoms with E-state index in [1.165, 1.54) is 7.11 Å². The highest BCUT2D eigenvalue weighted by atomic mass is 16.5. The molecule has 1 fully saturated rings. The predicted molar refractivity (Wildman–Crippen MR) is 101 cm³/mol. The molecule has 0 spiro atoms. The zero-order valence-corrected chi connectivity index (χ0v) is 15.1. The standard InChI is InChI=1S/C23H20O4/c1-27-23-13-12-17(18(24)14-23)19(21(25)15-8-4-2-5-9-15)20(23)22(26)16-10-6-3-7-11-16/h2-11,17H,12-14H2,1H3/t17-,23-/m0/s1. The van der Waals surface area contributed by atoms with Crippen LogP contribution in [0.15, 0.2) is 71.8 Å². The van der Waals surface area contributed by atoms with Crippen LogP contribution >= 0.6 is 0 Å². The van der Waals surface area contributed by atoms with E-state index in [1.807, 2.05) is 12.1 Å². The summed E-state index contributed by atoms with van der Waals surface area (Å²) in [4.78, 5) is 39.4. The molecule has 3 aliphatic carbocycles. The van der Waals surface area contributed by atoms with Gasteiger partial charge in [-0.3, -0.25) is 14.4 Å². The first-order valence-corrected chi connectivity index (χ1v) is 9.09. The minimum Gasteiger partial charge on any atom is -0.373 e. The molecule has 1 saturated carbocycles. The fourth-order valence-electron chi connectivity index (χ4n) is 4.33. The van der Waals surface area contributed by atoms with Crippen LogP contribution in [0.2, 0.25) is 0 Å². The minimum atomic E-state index is -1.02. The van der Waals surface area contributed by atoms with Crippen LogP contribution in [0.5, 0.6) is 0 Å². The maximum atomic E-state index is 13.4. The van der Waals surface area contributed by atoms with Gasteiger partial charge in [0.15, 0.2) is 11.6 Å². The average molecular weight is 360 g/mol. The Kier molecular flexibility index (Phi) is 4.36. The topological polar surface area (TPSA) is 60.4 Å². The van der Waals surface area contributed by atoms with Gasteiger partial charge in [0, 0.05) is 41.7 Å². The lowest BCUT2D eigenvalue weighted by Crippen LogP contribution is -2.52. The second-order valence-corrected chi connectivity index (χ2v) is 7.11. The number of hydrogen-bond acceptors (Lipinski definition) is 4. The molecule has 5 rings (SSSR count). The third-order valence-corrected chi connectivity index (χ3v) is 5.69. The van der Waals surface area contributed by atoms with Crippen LogP contribution in [0.25, 0.3) is 0 Å². The number of carbonyl (C=O) groups is 3. The zero-order chi connectivity index (χ0) is 19.0. The van der Waals surface area contributed by atoms with Gasteiger partial charge in [0.25, 0.3) is 0 Å². The van der Waals surface area contributed by atoms with Gasteiger partial charge in [-0.05, 0) is 12.8 Å². The van der Waals surface area contributed by atoms with Crippen LogP contribution in [-0.2, 0) is 9.53 Å². The van der Waals surface area contributed by atoms with Crippen LogP contribution in [0.1, 0.15) is 40.0 Å². The van der Waals surface area contributed by atoms with E-state index in [9.17, 15) is 14.4 Å². The fourth-order valence-corrected chi connectivity index (χ4v) is 4.33. The maximum Gasteiger partial charge on any atom is 0.192 e. The van der Waals surface area contributed by atoms with E-state index in [4.69, 9.17) is 4.74 Å². The van der Waals surface area contributed by atoms with E-state index in [0.29, 0.717) is 35.1 Å². The molecule has 0 radical (unpaired) electrons. The molecule has 0 heterocycles. The van der Waals surface area contributed by atoms with Crippen LogP contribution in [0, 0.1) is 5.92 Å². The quantitative estimate of drug-likeness (QED) is 0.761. The number of ether oxygens (including phenoxy) is 1. The first-order chi connectivity index (χ1) is 13.1. The summed E-state index contributed by atoms with van der Waals surface area (Å²) < 4.78 is 5.76. The molecule has 4 heteroatoms. The van der Waals surface area contributed by atoms with Crippen molar-refractivity contribution in [1.29, 1.82) is 0 Å². The van der Waals surface area contributed by atoms with Crippen LogP contribution in [0.4, 0.5) is 0 Å². The lowest BCUT2D eigenvalue weighted by molar-refractivity contribution is -0.133. The number of carbonyl (C=O) groups excluding carboxylic acids is 3. The van der Waals surface area contributed by atoms with Gasteiger partial charge in [-0.1, -0.05) is 60.7 Å². The second-order valence-electron chi connectivity index (χ2n) is 7.11. The van der Waals surface area contributed by atoms with Crippen molar-refractivity contribution in [1.82, 2.24) is 0 Å². The van der Waals surface area contributed by atoms with E-state index >= 15 is 0 Å². The molecule has 0 unspecified atom stereocenters. The van der Waals surface area contributed by atoms with Crippen LogP contribution in [0.3, 0.4) is 0 Å². The first-order valence-electron chi connectivity index (χ1n) is 9.09. The van der Waals surface area contributed by atoms with E-state index < -0.39 is 11.5 Å².